The van der Waals surface area contributed by atoms with E-state index in [2.05, 4.69) is 288 Å². The van der Waals surface area contributed by atoms with Crippen molar-refractivity contribution in [2.45, 2.75) is 618 Å². The molecule has 0 saturated carbocycles. The highest BCUT2D eigenvalue weighted by Crippen LogP contribution is 2.27. The van der Waals surface area contributed by atoms with Gasteiger partial charge in [0.15, 0.2) is 0 Å². The lowest BCUT2D eigenvalue weighted by atomic mass is 10.0. The Morgan fingerprint density at radius 3 is 0.450 bits per heavy atom. The fourth-order valence-corrected chi connectivity index (χ4v) is 23.3. The second-order valence-electron chi connectivity index (χ2n) is 48.2. The Morgan fingerprint density at radius 2 is 0.289 bits per heavy atom. The Labute approximate surface area is 933 Å². The Hall–Kier alpha value is -4.92. The molecule has 0 aliphatic carbocycles. The van der Waals surface area contributed by atoms with Crippen LogP contribution in [0, 0.1) is 55.4 Å². The summed E-state index contributed by atoms with van der Waals surface area (Å²) in [5.74, 6) is 1.24. The van der Waals surface area contributed by atoms with E-state index < -0.39 is 0 Å². The predicted molar refractivity (Wildman–Crippen MR) is 674 cm³/mol. The van der Waals surface area contributed by atoms with Crippen LogP contribution in [0.5, 0.6) is 0 Å². The minimum Gasteiger partial charge on any atom is -0.305 e. The summed E-state index contributed by atoms with van der Waals surface area (Å²) in [6.07, 6.45) is 107. The zero-order chi connectivity index (χ0) is 109. The molecule has 858 valence electrons. The molecule has 0 radical (unpaired) electrons. The van der Waals surface area contributed by atoms with Crippen LogP contribution in [0.15, 0.2) is 121 Å². The van der Waals surface area contributed by atoms with Crippen molar-refractivity contribution in [3.63, 3.8) is 0 Å². The fourth-order valence-electron chi connectivity index (χ4n) is 23.3. The van der Waals surface area contributed by atoms with Crippen LogP contribution < -0.4 is 29.4 Å². The summed E-state index contributed by atoms with van der Waals surface area (Å²) in [7, 11) is 13.9. The quantitative estimate of drug-likeness (QED) is 0.0205. The first kappa shape index (κ1) is 142. The van der Waals surface area contributed by atoms with E-state index >= 15 is 0 Å². The minimum atomic E-state index is 0.618. The van der Waals surface area contributed by atoms with Gasteiger partial charge in [0.1, 0.15) is 34.1 Å². The fraction of sp³-hybridized carbons (Fsp3) is 0.748. The molecule has 6 N–H and O–H groups in total. The van der Waals surface area contributed by atoms with Gasteiger partial charge in [0.25, 0.3) is 0 Å². The number of aryl methyl sites for hydroxylation is 8. The first-order valence-electron chi connectivity index (χ1n) is 65.9. The van der Waals surface area contributed by atoms with E-state index in [0.29, 0.717) is 11.8 Å². The third kappa shape index (κ3) is 78.8. The molecule has 6 atom stereocenters. The van der Waals surface area contributed by atoms with Crippen LogP contribution >= 0.6 is 0 Å². The highest BCUT2D eigenvalue weighted by atomic mass is 15.1. The molecular weight excluding hydrogens is 1800 g/mol. The van der Waals surface area contributed by atoms with Gasteiger partial charge in [-0.05, 0) is 169 Å². The highest BCUT2D eigenvalue weighted by molar-refractivity contribution is 5.50. The number of rotatable bonds is 89. The van der Waals surface area contributed by atoms with Crippen LogP contribution in [0.25, 0.3) is 0 Å². The van der Waals surface area contributed by atoms with Gasteiger partial charge in [-0.25, -0.2) is 0 Å². The van der Waals surface area contributed by atoms with Gasteiger partial charge < -0.3 is 29.4 Å². The molecule has 0 saturated heterocycles. The average molecular weight is 2070 g/mol. The zero-order valence-corrected chi connectivity index (χ0v) is 105. The number of hydrogen-bond acceptors (Lipinski definition) is 0. The van der Waals surface area contributed by atoms with E-state index in [-0.39, 0.29) is 0 Å². The SMILES string of the molecule is CCCCCCCCCCCCCCCCCC[NH+](C)c1c(C)cc(C)cc1C.CCCCCCCCCCCCCCCCCC[NH+](C)c1ccccc1C.CCCCCCCCCCCCCCCCCC[NH+](C)c1ccccc1C(C)C.CCCCCCCCCCC[NH+](C)c1c(C)cc(C)cc1C.CCCCCCCCCCC[NH+](C)c1ccccc1C.CCCCCCCCCCC[NH+](C)c1ccccc1C(C)C. The van der Waals surface area contributed by atoms with Crippen LogP contribution in [0.4, 0.5) is 34.1 Å². The Kier molecular flexibility index (Phi) is 97.5. The lowest BCUT2D eigenvalue weighted by Crippen LogP contribution is -3.04. The molecule has 0 bridgehead atoms. The Morgan fingerprint density at radius 1 is 0.154 bits per heavy atom. The predicted octanol–water partition coefficient (Wildman–Crippen LogP) is 39.1. The van der Waals surface area contributed by atoms with Gasteiger partial charge in [-0.15, -0.1) is 0 Å². The smallest absolute Gasteiger partial charge is 0.136 e. The van der Waals surface area contributed by atoms with E-state index in [9.17, 15) is 0 Å². The molecule has 149 heavy (non-hydrogen) atoms. The first-order valence-corrected chi connectivity index (χ1v) is 65.9. The van der Waals surface area contributed by atoms with Gasteiger partial charge in [0.2, 0.25) is 0 Å². The summed E-state index contributed by atoms with van der Waals surface area (Å²) >= 11 is 0. The number of nitrogens with one attached hydrogen (secondary N) is 6. The summed E-state index contributed by atoms with van der Waals surface area (Å²) in [6.45, 7) is 48.5. The molecule has 0 amide bonds. The number of unbranched alkanes of at least 4 members (excludes halogenated alkanes) is 69. The molecule has 0 heterocycles. The van der Waals surface area contributed by atoms with Gasteiger partial charge >= 0.3 is 0 Å². The molecule has 6 rings (SSSR count). The molecule has 6 aromatic carbocycles. The molecular formula is C143H262N6+6. The normalized spacial score (nSPS) is 12.6. The van der Waals surface area contributed by atoms with Crippen molar-refractivity contribution in [3.05, 3.63) is 177 Å². The Bertz CT molecular complexity index is 3820. The van der Waals surface area contributed by atoms with Gasteiger partial charge in [-0.1, -0.05) is 582 Å². The maximum Gasteiger partial charge on any atom is 0.136 e. The average Bonchev–Trinajstić information content (AvgIpc) is 0.831. The van der Waals surface area contributed by atoms with E-state index in [4.69, 9.17) is 0 Å². The standard InChI is InChI=1S/2C28H51N.C26H47N.2C21H37N.C19H33N/c1-6-7-8-9-10-11-12-13-14-15-16-17-18-19-20-21-22-29(5)28-26(3)23-25(2)24-27(28)4;1-5-6-7-8-9-10-11-12-13-14-15-16-17-18-19-22-25-29(4)28-24-21-20-23-27(28)26(2)3;1-4-5-6-7-8-9-10-11-12-13-14-15-16-17-18-21-24-27(3)26-23-20-19-22-25(26)2;1-6-7-8-9-10-11-12-13-14-15-22(5)21-19(3)16-18(2)17-20(21)4;1-5-6-7-8-9-10-11-12-15-18-22(4)21-17-14-13-16-20(21)19(2)3;1-4-5-6-7-8-9-10-11-14-17-20(3)19-16-13-12-15-18(19)2/h23-24H,6-22H2,1-5H3;20-21,23-24,26H,5-19,22,25H2,1-4H3;19-20,22-23H,4-18,21,24H2,1-3H3;16-17H,6-15H2,1-5H3;13-14,16-17,19H,5-12,15,18H2,1-4H3;12-13,15-16H,4-11,14,17H2,1-3H3/p+6. The monoisotopic (exact) mass is 2060 g/mol. The largest absolute Gasteiger partial charge is 0.305 e. The molecule has 6 heteroatoms. The molecule has 6 aromatic rings. The molecule has 0 spiro atoms. The summed E-state index contributed by atoms with van der Waals surface area (Å²) in [6, 6.07) is 44.8. The summed E-state index contributed by atoms with van der Waals surface area (Å²) < 4.78 is 0. The van der Waals surface area contributed by atoms with Crippen molar-refractivity contribution in [2.24, 2.45) is 0 Å². The van der Waals surface area contributed by atoms with Crippen molar-refractivity contribution >= 4 is 34.1 Å². The number of hydrogen-bond donors (Lipinski definition) is 6. The molecule has 0 aromatic heterocycles. The van der Waals surface area contributed by atoms with Crippen LogP contribution in [-0.4, -0.2) is 81.6 Å². The van der Waals surface area contributed by atoms with Crippen molar-refractivity contribution in [1.29, 1.82) is 0 Å². The summed E-state index contributed by atoms with van der Waals surface area (Å²) in [5.41, 5.74) is 23.4. The third-order valence-electron chi connectivity index (χ3n) is 32.7. The van der Waals surface area contributed by atoms with E-state index in [1.54, 1.807) is 29.4 Å². The first-order chi connectivity index (χ1) is 72.4. The van der Waals surface area contributed by atoms with Crippen molar-refractivity contribution in [2.75, 3.05) is 81.6 Å². The molecule has 6 unspecified atom stereocenters. The van der Waals surface area contributed by atoms with Crippen molar-refractivity contribution < 1.29 is 29.4 Å². The van der Waals surface area contributed by atoms with Crippen LogP contribution in [0.1, 0.15) is 618 Å². The van der Waals surface area contributed by atoms with Crippen LogP contribution in [-0.2, 0) is 0 Å². The van der Waals surface area contributed by atoms with Gasteiger partial charge in [-0.2, -0.15) is 0 Å². The lowest BCUT2D eigenvalue weighted by Gasteiger charge is -2.18. The second kappa shape index (κ2) is 102. The van der Waals surface area contributed by atoms with Crippen molar-refractivity contribution in [1.82, 2.24) is 0 Å². The van der Waals surface area contributed by atoms with Crippen LogP contribution in [0.3, 0.4) is 0 Å². The molecule has 0 fully saturated rings. The van der Waals surface area contributed by atoms with Gasteiger partial charge in [0, 0.05) is 44.5 Å². The minimum absolute atomic E-state index is 0.618. The van der Waals surface area contributed by atoms with Crippen LogP contribution in [0.2, 0.25) is 0 Å². The third-order valence-corrected chi connectivity index (χ3v) is 32.7. The maximum absolute atomic E-state index is 2.34. The maximum atomic E-state index is 2.34. The summed E-state index contributed by atoms with van der Waals surface area (Å²) in [4.78, 5) is 9.46. The number of benzene rings is 6. The van der Waals surface area contributed by atoms with E-state index in [1.807, 2.05) is 0 Å². The number of para-hydroxylation sites is 4. The molecule has 0 aliphatic heterocycles. The second-order valence-corrected chi connectivity index (χ2v) is 48.2. The highest BCUT2D eigenvalue weighted by Gasteiger charge is 2.20. The van der Waals surface area contributed by atoms with E-state index in [1.165, 1.54) is 611 Å². The number of quaternary nitrogens is 6. The van der Waals surface area contributed by atoms with Gasteiger partial charge in [0.05, 0.1) is 81.6 Å². The zero-order valence-electron chi connectivity index (χ0n) is 105. The molecule has 0 aliphatic rings. The topological polar surface area (TPSA) is 26.6 Å². The van der Waals surface area contributed by atoms with Gasteiger partial charge in [-0.3, -0.25) is 0 Å². The Balaban J connectivity index is 0.000000899. The lowest BCUT2D eigenvalue weighted by molar-refractivity contribution is -0.811. The van der Waals surface area contributed by atoms with Crippen molar-refractivity contribution in [3.8, 4) is 0 Å². The summed E-state index contributed by atoms with van der Waals surface area (Å²) in [5, 5.41) is 0. The molecule has 6 nitrogen and oxygen atoms in total. The van der Waals surface area contributed by atoms with E-state index in [0.717, 1.165) is 0 Å².